The smallest absolute Gasteiger partial charge is 0.130 e. The first-order valence-electron chi connectivity index (χ1n) is 2.98. The van der Waals surface area contributed by atoms with Crippen LogP contribution in [0.1, 0.15) is 25.6 Å². The molecule has 0 atom stereocenters. The molecule has 2 nitrogen and oxygen atoms in total. The lowest BCUT2D eigenvalue weighted by Crippen LogP contribution is -1.94. The predicted octanol–water partition coefficient (Wildman–Crippen LogP) is 1.40. The first-order valence-corrected chi connectivity index (χ1v) is 2.98. The second-order valence-corrected chi connectivity index (χ2v) is 2.20. The molecule has 0 aliphatic rings. The maximum absolute atomic E-state index is 4.01. The monoisotopic (exact) mass is 121 g/mol. The summed E-state index contributed by atoms with van der Waals surface area (Å²) in [7, 11) is 0. The highest BCUT2D eigenvalue weighted by Gasteiger charge is 1.97. The summed E-state index contributed by atoms with van der Waals surface area (Å²) in [6.45, 7) is 4.13. The highest BCUT2D eigenvalue weighted by molar-refractivity contribution is 4.91. The van der Waals surface area contributed by atoms with E-state index in [4.69, 9.17) is 0 Å². The number of rotatable bonds is 1. The highest BCUT2D eigenvalue weighted by Crippen LogP contribution is 2.04. The van der Waals surface area contributed by atoms with Crippen LogP contribution in [0.25, 0.3) is 0 Å². The van der Waals surface area contributed by atoms with Gasteiger partial charge in [0.25, 0.3) is 0 Å². The Labute approximate surface area is 55.0 Å². The molecule has 0 aliphatic heterocycles. The topological polar surface area (TPSA) is 25.8 Å². The van der Waals surface area contributed by atoms with Gasteiger partial charge in [-0.15, -0.1) is 0 Å². The Hall–Kier alpha value is -0.920. The Kier molecular flexibility index (Phi) is 1.78. The third kappa shape index (κ3) is 1.49. The van der Waals surface area contributed by atoms with Gasteiger partial charge in [-0.05, 0) is 0 Å². The fourth-order valence-electron chi connectivity index (χ4n) is 0.572. The number of aromatic nitrogens is 2. The Morgan fingerprint density at radius 3 is 2.22 bits per heavy atom. The Bertz CT molecular complexity index is 170. The SMILES string of the molecule is CC(C)c1nc[c]cn1. The summed E-state index contributed by atoms with van der Waals surface area (Å²) in [4.78, 5) is 8.02. The maximum Gasteiger partial charge on any atom is 0.130 e. The van der Waals surface area contributed by atoms with Gasteiger partial charge in [-0.2, -0.15) is 0 Å². The van der Waals surface area contributed by atoms with Crippen LogP contribution >= 0.6 is 0 Å². The van der Waals surface area contributed by atoms with Crippen LogP contribution in [0.15, 0.2) is 12.4 Å². The first kappa shape index (κ1) is 6.20. The molecule has 0 saturated heterocycles. The van der Waals surface area contributed by atoms with E-state index in [0.29, 0.717) is 5.92 Å². The van der Waals surface area contributed by atoms with E-state index in [9.17, 15) is 0 Å². The van der Waals surface area contributed by atoms with Crippen molar-refractivity contribution >= 4 is 0 Å². The molecule has 1 heterocycles. The molecule has 0 aliphatic carbocycles. The summed E-state index contributed by atoms with van der Waals surface area (Å²) in [6, 6.07) is 2.77. The van der Waals surface area contributed by atoms with Crippen LogP contribution in [0.5, 0.6) is 0 Å². The van der Waals surface area contributed by atoms with E-state index in [-0.39, 0.29) is 0 Å². The fourth-order valence-corrected chi connectivity index (χ4v) is 0.572. The molecule has 9 heavy (non-hydrogen) atoms. The third-order valence-electron chi connectivity index (χ3n) is 1.06. The summed E-state index contributed by atoms with van der Waals surface area (Å²) in [5, 5.41) is 0. The lowest BCUT2D eigenvalue weighted by atomic mass is 10.2. The fraction of sp³-hybridized carbons (Fsp3) is 0.429. The normalized spacial score (nSPS) is 10.1. The minimum absolute atomic E-state index is 0.416. The van der Waals surface area contributed by atoms with Crippen LogP contribution in [0.2, 0.25) is 0 Å². The highest BCUT2D eigenvalue weighted by atomic mass is 14.9. The average molecular weight is 121 g/mol. The van der Waals surface area contributed by atoms with Gasteiger partial charge in [0.2, 0.25) is 0 Å². The minimum Gasteiger partial charge on any atom is -0.240 e. The average Bonchev–Trinajstić information content (AvgIpc) is 1.90. The summed E-state index contributed by atoms with van der Waals surface area (Å²) < 4.78 is 0. The molecule has 1 rings (SSSR count). The van der Waals surface area contributed by atoms with Crippen molar-refractivity contribution in [3.05, 3.63) is 24.3 Å². The van der Waals surface area contributed by atoms with E-state index in [1.807, 2.05) is 0 Å². The van der Waals surface area contributed by atoms with Crippen LogP contribution in [-0.4, -0.2) is 9.97 Å². The molecule has 0 bridgehead atoms. The lowest BCUT2D eigenvalue weighted by Gasteiger charge is -1.98. The molecule has 0 spiro atoms. The van der Waals surface area contributed by atoms with Crippen molar-refractivity contribution in [3.8, 4) is 0 Å². The van der Waals surface area contributed by atoms with Crippen molar-refractivity contribution in [2.75, 3.05) is 0 Å². The van der Waals surface area contributed by atoms with E-state index in [2.05, 4.69) is 29.9 Å². The first-order chi connectivity index (χ1) is 4.30. The van der Waals surface area contributed by atoms with E-state index in [0.717, 1.165) is 5.82 Å². The molecule has 0 amide bonds. The van der Waals surface area contributed by atoms with E-state index < -0.39 is 0 Å². The molecule has 47 valence electrons. The third-order valence-corrected chi connectivity index (χ3v) is 1.06. The van der Waals surface area contributed by atoms with Crippen LogP contribution in [0, 0.1) is 6.07 Å². The van der Waals surface area contributed by atoms with Gasteiger partial charge in [0.1, 0.15) is 5.82 Å². The molecule has 0 saturated carbocycles. The zero-order valence-corrected chi connectivity index (χ0v) is 5.63. The summed E-state index contributed by atoms with van der Waals surface area (Å²) >= 11 is 0. The van der Waals surface area contributed by atoms with E-state index in [1.54, 1.807) is 12.4 Å². The summed E-state index contributed by atoms with van der Waals surface area (Å²) in [5.74, 6) is 1.30. The van der Waals surface area contributed by atoms with Gasteiger partial charge in [-0.25, -0.2) is 9.97 Å². The van der Waals surface area contributed by atoms with Gasteiger partial charge in [-0.3, -0.25) is 0 Å². The molecular formula is C7H9N2. The Morgan fingerprint density at radius 2 is 1.89 bits per heavy atom. The van der Waals surface area contributed by atoms with Crippen molar-refractivity contribution in [2.45, 2.75) is 19.8 Å². The lowest BCUT2D eigenvalue weighted by molar-refractivity contribution is 0.773. The largest absolute Gasteiger partial charge is 0.240 e. The summed E-state index contributed by atoms with van der Waals surface area (Å²) in [5.41, 5.74) is 0. The quantitative estimate of drug-likeness (QED) is 0.561. The predicted molar refractivity (Wildman–Crippen MR) is 35.0 cm³/mol. The molecule has 2 heteroatoms. The zero-order chi connectivity index (χ0) is 6.69. The molecule has 1 radical (unpaired) electrons. The van der Waals surface area contributed by atoms with Gasteiger partial charge < -0.3 is 0 Å². The van der Waals surface area contributed by atoms with Gasteiger partial charge in [0.15, 0.2) is 0 Å². The molecule has 0 unspecified atom stereocenters. The molecule has 0 N–H and O–H groups in total. The van der Waals surface area contributed by atoms with Crippen molar-refractivity contribution < 1.29 is 0 Å². The van der Waals surface area contributed by atoms with Crippen molar-refractivity contribution in [1.29, 1.82) is 0 Å². The molecular weight excluding hydrogens is 112 g/mol. The maximum atomic E-state index is 4.01. The molecule has 1 aromatic heterocycles. The number of nitrogens with zero attached hydrogens (tertiary/aromatic N) is 2. The van der Waals surface area contributed by atoms with Gasteiger partial charge in [-0.1, -0.05) is 13.8 Å². The van der Waals surface area contributed by atoms with Crippen molar-refractivity contribution in [2.24, 2.45) is 0 Å². The van der Waals surface area contributed by atoms with E-state index in [1.165, 1.54) is 0 Å². The number of hydrogen-bond donors (Lipinski definition) is 0. The van der Waals surface area contributed by atoms with Gasteiger partial charge >= 0.3 is 0 Å². The van der Waals surface area contributed by atoms with Crippen LogP contribution in [-0.2, 0) is 0 Å². The van der Waals surface area contributed by atoms with Crippen LogP contribution in [0.3, 0.4) is 0 Å². The molecule has 0 fully saturated rings. The zero-order valence-electron chi connectivity index (χ0n) is 5.63. The number of hydrogen-bond acceptors (Lipinski definition) is 2. The van der Waals surface area contributed by atoms with E-state index >= 15 is 0 Å². The van der Waals surface area contributed by atoms with Crippen molar-refractivity contribution in [1.82, 2.24) is 9.97 Å². The van der Waals surface area contributed by atoms with Crippen LogP contribution < -0.4 is 0 Å². The summed E-state index contributed by atoms with van der Waals surface area (Å²) in [6.07, 6.45) is 3.28. The minimum atomic E-state index is 0.416. The standard InChI is InChI=1S/C7H9N2/c1-6(2)7-8-4-3-5-9-7/h4-6H,1-2H3. The second kappa shape index (κ2) is 2.58. The Morgan fingerprint density at radius 1 is 1.33 bits per heavy atom. The van der Waals surface area contributed by atoms with Gasteiger partial charge in [0, 0.05) is 24.4 Å². The molecule has 0 aromatic carbocycles. The second-order valence-electron chi connectivity index (χ2n) is 2.20. The van der Waals surface area contributed by atoms with Crippen molar-refractivity contribution in [3.63, 3.8) is 0 Å². The molecule has 1 aromatic rings. The van der Waals surface area contributed by atoms with Crippen LogP contribution in [0.4, 0.5) is 0 Å². The van der Waals surface area contributed by atoms with Gasteiger partial charge in [0.05, 0.1) is 0 Å². The Balaban J connectivity index is 2.85.